The van der Waals surface area contributed by atoms with Gasteiger partial charge in [-0.2, -0.15) is 0 Å². The Hall–Kier alpha value is -4.77. The molecule has 11 heteroatoms. The van der Waals surface area contributed by atoms with Crippen molar-refractivity contribution < 1.29 is 32.6 Å². The summed E-state index contributed by atoms with van der Waals surface area (Å²) in [7, 11) is 0. The summed E-state index contributed by atoms with van der Waals surface area (Å²) in [4.78, 5) is 40.5. The molecule has 45 heavy (non-hydrogen) atoms. The molecular weight excluding hydrogens is 650 g/mol. The maximum Gasteiger partial charge on any atom is 0.308 e. The van der Waals surface area contributed by atoms with Crippen molar-refractivity contribution >= 4 is 38.8 Å². The lowest BCUT2D eigenvalue weighted by molar-refractivity contribution is -0.143. The van der Waals surface area contributed by atoms with Gasteiger partial charge in [0.15, 0.2) is 5.58 Å². The molecule has 2 aromatic heterocycles. The van der Waals surface area contributed by atoms with Crippen LogP contribution in [0.3, 0.4) is 0 Å². The average molecular weight is 680 g/mol. The number of phenols is 1. The molecule has 1 unspecified atom stereocenters. The summed E-state index contributed by atoms with van der Waals surface area (Å²) in [6.07, 6.45) is 2.20. The van der Waals surface area contributed by atoms with E-state index in [4.69, 9.17) is 9.15 Å². The minimum absolute atomic E-state index is 0.0316. The number of nitrogens with one attached hydrogen (secondary N) is 1. The zero-order valence-corrected chi connectivity index (χ0v) is 26.2. The molecule has 1 amide bonds. The van der Waals surface area contributed by atoms with Crippen LogP contribution in [0.25, 0.3) is 22.1 Å². The van der Waals surface area contributed by atoms with Crippen LogP contribution in [0, 0.1) is 25.5 Å². The van der Waals surface area contributed by atoms with Crippen molar-refractivity contribution in [1.82, 2.24) is 9.88 Å². The van der Waals surface area contributed by atoms with E-state index in [1.807, 2.05) is 0 Å². The average Bonchev–Trinajstić information content (AvgIpc) is 3.47. The number of hydrogen-bond donors (Lipinski definition) is 2. The first-order valence-electron chi connectivity index (χ1n) is 14.1. The highest BCUT2D eigenvalue weighted by atomic mass is 79.9. The van der Waals surface area contributed by atoms with Crippen LogP contribution in [-0.4, -0.2) is 28.2 Å². The minimum atomic E-state index is -1.58. The van der Waals surface area contributed by atoms with E-state index in [-0.39, 0.29) is 34.6 Å². The highest BCUT2D eigenvalue weighted by Gasteiger charge is 2.32. The van der Waals surface area contributed by atoms with E-state index in [0.29, 0.717) is 21.0 Å². The number of ether oxygens (including phenoxy) is 1. The minimum Gasteiger partial charge on any atom is -0.507 e. The molecule has 0 radical (unpaired) electrons. The van der Waals surface area contributed by atoms with Gasteiger partial charge in [0.05, 0.1) is 25.3 Å². The summed E-state index contributed by atoms with van der Waals surface area (Å²) < 4.78 is 43.2. The van der Waals surface area contributed by atoms with Crippen molar-refractivity contribution in [3.05, 3.63) is 122 Å². The second-order valence-corrected chi connectivity index (χ2v) is 11.5. The van der Waals surface area contributed by atoms with Crippen LogP contribution in [0.2, 0.25) is 0 Å². The summed E-state index contributed by atoms with van der Waals surface area (Å²) in [5, 5.41) is 13.8. The molecule has 2 atom stereocenters. The Balaban J connectivity index is 1.66. The third-order valence-electron chi connectivity index (χ3n) is 7.51. The molecule has 3 aromatic carbocycles. The van der Waals surface area contributed by atoms with Crippen LogP contribution in [0.4, 0.5) is 8.78 Å². The van der Waals surface area contributed by atoms with Gasteiger partial charge in [-0.3, -0.25) is 19.0 Å². The maximum absolute atomic E-state index is 15.9. The number of fused-ring (bicyclic) bond motifs is 1. The van der Waals surface area contributed by atoms with Gasteiger partial charge in [0.2, 0.25) is 5.91 Å². The number of carbonyl (C=O) groups excluding carboxylic acids is 2. The molecule has 0 aliphatic carbocycles. The number of hydrogen-bond acceptors (Lipinski definition) is 6. The molecule has 2 N–H and O–H groups in total. The number of aromatic nitrogens is 1. The summed E-state index contributed by atoms with van der Waals surface area (Å²) in [5.41, 5.74) is 0.876. The SMILES string of the molecule is CCOC(=O)C[C@H](NC(=O)C(c1cc(Br)ccc1F)n1ccc2ccoc2c1=O)c1cc(-c2c(C)cccc2O)cc(C)c1F. The van der Waals surface area contributed by atoms with E-state index < -0.39 is 47.6 Å². The largest absolute Gasteiger partial charge is 0.507 e. The summed E-state index contributed by atoms with van der Waals surface area (Å²) in [6, 6.07) is 12.2. The van der Waals surface area contributed by atoms with Crippen molar-refractivity contribution in [2.45, 2.75) is 39.3 Å². The first-order chi connectivity index (χ1) is 21.5. The number of halogens is 3. The molecule has 232 valence electrons. The molecule has 0 saturated carbocycles. The Morgan fingerprint density at radius 3 is 2.56 bits per heavy atom. The fourth-order valence-corrected chi connectivity index (χ4v) is 5.79. The summed E-state index contributed by atoms with van der Waals surface area (Å²) >= 11 is 3.30. The van der Waals surface area contributed by atoms with Crippen LogP contribution in [0.5, 0.6) is 5.75 Å². The van der Waals surface area contributed by atoms with Crippen LogP contribution in [-0.2, 0) is 14.3 Å². The number of carbonyl (C=O) groups is 2. The van der Waals surface area contributed by atoms with Crippen LogP contribution < -0.4 is 10.9 Å². The first-order valence-corrected chi connectivity index (χ1v) is 14.9. The van der Waals surface area contributed by atoms with Gasteiger partial charge in [0.1, 0.15) is 23.4 Å². The second-order valence-electron chi connectivity index (χ2n) is 10.5. The zero-order chi connectivity index (χ0) is 32.4. The van der Waals surface area contributed by atoms with Gasteiger partial charge in [0.25, 0.3) is 5.56 Å². The number of nitrogens with zero attached hydrogens (tertiary/aromatic N) is 1. The Morgan fingerprint density at radius 2 is 1.82 bits per heavy atom. The quantitative estimate of drug-likeness (QED) is 0.162. The lowest BCUT2D eigenvalue weighted by Crippen LogP contribution is -2.40. The number of amides is 1. The molecule has 5 aromatic rings. The Bertz CT molecular complexity index is 1970. The van der Waals surface area contributed by atoms with E-state index in [1.165, 1.54) is 43.6 Å². The molecule has 2 heterocycles. The first kappa shape index (κ1) is 31.6. The fraction of sp³-hybridized carbons (Fsp3) is 0.206. The van der Waals surface area contributed by atoms with E-state index >= 15 is 8.78 Å². The third-order valence-corrected chi connectivity index (χ3v) is 8.00. The molecular formula is C34H29BrF2N2O6. The van der Waals surface area contributed by atoms with Gasteiger partial charge in [-0.25, -0.2) is 8.78 Å². The van der Waals surface area contributed by atoms with Gasteiger partial charge in [0, 0.05) is 32.7 Å². The number of furan rings is 1. The van der Waals surface area contributed by atoms with E-state index in [9.17, 15) is 19.5 Å². The Morgan fingerprint density at radius 1 is 1.04 bits per heavy atom. The van der Waals surface area contributed by atoms with Gasteiger partial charge < -0.3 is 19.6 Å². The monoisotopic (exact) mass is 678 g/mol. The van der Waals surface area contributed by atoms with E-state index in [2.05, 4.69) is 21.2 Å². The predicted octanol–water partition coefficient (Wildman–Crippen LogP) is 7.02. The van der Waals surface area contributed by atoms with Gasteiger partial charge in [-0.1, -0.05) is 28.1 Å². The van der Waals surface area contributed by atoms with Crippen LogP contribution in [0.15, 0.2) is 86.8 Å². The molecule has 0 aliphatic heterocycles. The van der Waals surface area contributed by atoms with E-state index in [0.717, 1.165) is 16.2 Å². The van der Waals surface area contributed by atoms with Gasteiger partial charge in [-0.15, -0.1) is 0 Å². The van der Waals surface area contributed by atoms with E-state index in [1.54, 1.807) is 44.2 Å². The van der Waals surface area contributed by atoms with Crippen molar-refractivity contribution in [2.75, 3.05) is 6.61 Å². The van der Waals surface area contributed by atoms with Crippen molar-refractivity contribution in [1.29, 1.82) is 0 Å². The van der Waals surface area contributed by atoms with Crippen LogP contribution >= 0.6 is 15.9 Å². The number of phenolic OH excluding ortho intramolecular Hbond substituents is 1. The summed E-state index contributed by atoms with van der Waals surface area (Å²) in [5.74, 6) is -3.11. The molecule has 0 spiro atoms. The van der Waals surface area contributed by atoms with Crippen molar-refractivity contribution in [2.24, 2.45) is 0 Å². The van der Waals surface area contributed by atoms with Crippen LogP contribution in [0.1, 0.15) is 47.7 Å². The fourth-order valence-electron chi connectivity index (χ4n) is 5.41. The standard InChI is InChI=1S/C34H29BrF2N2O6/c1-4-44-28(41)17-26(24-15-21(14-19(3)30(24)37)29-18(2)6-5-7-27(29)40)38-33(42)31(23-16-22(35)8-9-25(23)36)39-12-10-20-11-13-45-32(20)34(39)43/h5-16,26,31,40H,4,17H2,1-3H3,(H,38,42)/t26-,31?/m0/s1. The Labute approximate surface area is 265 Å². The molecule has 0 aliphatic rings. The lowest BCUT2D eigenvalue weighted by atomic mass is 9.92. The highest BCUT2D eigenvalue weighted by Crippen LogP contribution is 2.37. The smallest absolute Gasteiger partial charge is 0.308 e. The Kier molecular flexibility index (Phi) is 9.19. The predicted molar refractivity (Wildman–Crippen MR) is 168 cm³/mol. The second kappa shape index (κ2) is 13.1. The number of aromatic hydroxyl groups is 1. The maximum atomic E-state index is 15.9. The zero-order valence-electron chi connectivity index (χ0n) is 24.6. The third kappa shape index (κ3) is 6.39. The van der Waals surface area contributed by atoms with Crippen molar-refractivity contribution in [3.63, 3.8) is 0 Å². The van der Waals surface area contributed by atoms with Gasteiger partial charge in [-0.05, 0) is 86.0 Å². The molecule has 5 rings (SSSR count). The topological polar surface area (TPSA) is 111 Å². The van der Waals surface area contributed by atoms with Gasteiger partial charge >= 0.3 is 5.97 Å². The lowest BCUT2D eigenvalue weighted by Gasteiger charge is -2.26. The number of rotatable bonds is 9. The number of benzene rings is 3. The molecule has 0 saturated heterocycles. The molecule has 0 fully saturated rings. The molecule has 8 nitrogen and oxygen atoms in total. The molecule has 0 bridgehead atoms. The number of pyridine rings is 1. The van der Waals surface area contributed by atoms with Crippen molar-refractivity contribution in [3.8, 4) is 16.9 Å². The number of esters is 1. The number of aryl methyl sites for hydroxylation is 2. The highest BCUT2D eigenvalue weighted by molar-refractivity contribution is 9.10. The summed E-state index contributed by atoms with van der Waals surface area (Å²) in [6.45, 7) is 4.97. The normalized spacial score (nSPS) is 12.6.